The van der Waals surface area contributed by atoms with Crippen LogP contribution in [-0.2, 0) is 10.3 Å². The van der Waals surface area contributed by atoms with E-state index in [0.29, 0.717) is 17.4 Å². The van der Waals surface area contributed by atoms with Crippen molar-refractivity contribution in [1.82, 2.24) is 9.88 Å². The van der Waals surface area contributed by atoms with Crippen molar-refractivity contribution < 1.29 is 9.53 Å². The van der Waals surface area contributed by atoms with Gasteiger partial charge >= 0.3 is 0 Å². The Morgan fingerprint density at radius 1 is 1.23 bits per heavy atom. The van der Waals surface area contributed by atoms with Gasteiger partial charge in [-0.1, -0.05) is 17.7 Å². The fourth-order valence-corrected chi connectivity index (χ4v) is 4.29. The number of fused-ring (bicyclic) bond motifs is 3. The number of aliphatic imine (C=N–C) groups is 1. The summed E-state index contributed by atoms with van der Waals surface area (Å²) in [7, 11) is 1.67. The van der Waals surface area contributed by atoms with Crippen molar-refractivity contribution >= 4 is 23.5 Å². The van der Waals surface area contributed by atoms with Crippen LogP contribution in [0.2, 0.25) is 5.02 Å². The SMILES string of the molecule is CN1C(=O)C2(N=C1N)c1cc(-c3cncc(Cl)c3)ccc1OCC21CC1. The number of pyridine rings is 1. The van der Waals surface area contributed by atoms with Gasteiger partial charge in [-0.2, -0.15) is 0 Å². The lowest BCUT2D eigenvalue weighted by Crippen LogP contribution is -2.50. The summed E-state index contributed by atoms with van der Waals surface area (Å²) >= 11 is 6.09. The first-order valence-electron chi connectivity index (χ1n) is 8.49. The van der Waals surface area contributed by atoms with Gasteiger partial charge < -0.3 is 10.5 Å². The molecule has 2 N–H and O–H groups in total. The molecule has 1 aliphatic carbocycles. The number of carbonyl (C=O) groups excluding carboxylic acids is 1. The number of benzene rings is 1. The molecule has 5 rings (SSSR count). The zero-order valence-corrected chi connectivity index (χ0v) is 15.0. The van der Waals surface area contributed by atoms with Crippen LogP contribution in [0.25, 0.3) is 11.1 Å². The van der Waals surface area contributed by atoms with E-state index >= 15 is 0 Å². The molecule has 1 aromatic carbocycles. The Morgan fingerprint density at radius 3 is 2.69 bits per heavy atom. The standard InChI is InChI=1S/C19H17ClN4O2/c1-24-16(25)19(23-17(24)21)14-7-11(12-6-13(20)9-22-8-12)2-3-15(14)26-10-18(19)4-5-18/h2-3,6-9H,4-5,10H2,1H3,(H2,21,23). The third kappa shape index (κ3) is 1.85. The van der Waals surface area contributed by atoms with Crippen LogP contribution in [0.5, 0.6) is 5.75 Å². The van der Waals surface area contributed by atoms with E-state index in [2.05, 4.69) is 4.98 Å². The van der Waals surface area contributed by atoms with Gasteiger partial charge in [0.25, 0.3) is 5.91 Å². The second-order valence-corrected chi connectivity index (χ2v) is 7.65. The third-order valence-corrected chi connectivity index (χ3v) is 5.98. The molecule has 3 heterocycles. The summed E-state index contributed by atoms with van der Waals surface area (Å²) in [6.07, 6.45) is 5.13. The minimum absolute atomic E-state index is 0.0848. The summed E-state index contributed by atoms with van der Waals surface area (Å²) in [5, 5.41) is 0.559. The number of aromatic nitrogens is 1. The highest BCUT2D eigenvalue weighted by Crippen LogP contribution is 2.65. The number of nitrogens with two attached hydrogens (primary N) is 1. The summed E-state index contributed by atoms with van der Waals surface area (Å²) in [6, 6.07) is 7.65. The molecule has 132 valence electrons. The van der Waals surface area contributed by atoms with Gasteiger partial charge in [0.15, 0.2) is 11.5 Å². The van der Waals surface area contributed by atoms with E-state index in [1.165, 1.54) is 4.90 Å². The highest BCUT2D eigenvalue weighted by molar-refractivity contribution is 6.30. The minimum atomic E-state index is -0.999. The Balaban J connectivity index is 1.74. The van der Waals surface area contributed by atoms with E-state index in [1.807, 2.05) is 24.3 Å². The predicted molar refractivity (Wildman–Crippen MR) is 97.9 cm³/mol. The van der Waals surface area contributed by atoms with Crippen molar-refractivity contribution in [2.24, 2.45) is 16.1 Å². The maximum absolute atomic E-state index is 13.3. The molecule has 6 nitrogen and oxygen atoms in total. The number of rotatable bonds is 1. The first kappa shape index (κ1) is 15.6. The number of amides is 1. The number of hydrogen-bond acceptors (Lipinski definition) is 5. The van der Waals surface area contributed by atoms with Crippen LogP contribution >= 0.6 is 11.6 Å². The van der Waals surface area contributed by atoms with Crippen LogP contribution in [0.4, 0.5) is 0 Å². The first-order chi connectivity index (χ1) is 12.5. The van der Waals surface area contributed by atoms with E-state index in [-0.39, 0.29) is 17.3 Å². The average molecular weight is 369 g/mol. The molecule has 1 amide bonds. The van der Waals surface area contributed by atoms with E-state index in [9.17, 15) is 4.79 Å². The van der Waals surface area contributed by atoms with Crippen LogP contribution in [0.15, 0.2) is 41.7 Å². The van der Waals surface area contributed by atoms with Crippen LogP contribution in [0.1, 0.15) is 18.4 Å². The first-order valence-corrected chi connectivity index (χ1v) is 8.86. The van der Waals surface area contributed by atoms with Gasteiger partial charge in [0.2, 0.25) is 0 Å². The molecule has 0 bridgehead atoms. The van der Waals surface area contributed by atoms with Gasteiger partial charge in [0.05, 0.1) is 11.6 Å². The number of ether oxygens (including phenoxy) is 1. The van der Waals surface area contributed by atoms with Gasteiger partial charge in [-0.3, -0.25) is 14.7 Å². The molecule has 0 radical (unpaired) electrons. The Bertz CT molecular complexity index is 985. The highest BCUT2D eigenvalue weighted by atomic mass is 35.5. The Morgan fingerprint density at radius 2 is 2.04 bits per heavy atom. The number of carbonyl (C=O) groups is 1. The smallest absolute Gasteiger partial charge is 0.262 e. The molecule has 2 aliphatic heterocycles. The van der Waals surface area contributed by atoms with Crippen molar-refractivity contribution in [3.8, 4) is 16.9 Å². The molecule has 3 aliphatic rings. The number of halogens is 1. The number of nitrogens with zero attached hydrogens (tertiary/aromatic N) is 3. The maximum atomic E-state index is 13.3. The molecule has 1 atom stereocenters. The Hall–Kier alpha value is -2.60. The molecule has 1 unspecified atom stereocenters. The Kier molecular flexibility index (Phi) is 2.99. The van der Waals surface area contributed by atoms with Crippen molar-refractivity contribution in [3.63, 3.8) is 0 Å². The zero-order chi connectivity index (χ0) is 18.1. The normalized spacial score (nSPS) is 25.2. The van der Waals surface area contributed by atoms with E-state index in [1.54, 1.807) is 19.4 Å². The van der Waals surface area contributed by atoms with Crippen LogP contribution in [0, 0.1) is 5.41 Å². The molecule has 7 heteroatoms. The topological polar surface area (TPSA) is 80.8 Å². The predicted octanol–water partition coefficient (Wildman–Crippen LogP) is 2.56. The van der Waals surface area contributed by atoms with Crippen LogP contribution in [0.3, 0.4) is 0 Å². The van der Waals surface area contributed by atoms with Gasteiger partial charge in [-0.25, -0.2) is 4.99 Å². The van der Waals surface area contributed by atoms with Crippen molar-refractivity contribution in [3.05, 3.63) is 47.2 Å². The van der Waals surface area contributed by atoms with E-state index in [4.69, 9.17) is 27.1 Å². The highest BCUT2D eigenvalue weighted by Gasteiger charge is 2.70. The van der Waals surface area contributed by atoms with Crippen molar-refractivity contribution in [2.75, 3.05) is 13.7 Å². The molecule has 2 spiro atoms. The molecule has 26 heavy (non-hydrogen) atoms. The zero-order valence-electron chi connectivity index (χ0n) is 14.2. The quantitative estimate of drug-likeness (QED) is 0.838. The molecular weight excluding hydrogens is 352 g/mol. The summed E-state index contributed by atoms with van der Waals surface area (Å²) in [4.78, 5) is 23.6. The van der Waals surface area contributed by atoms with Crippen molar-refractivity contribution in [2.45, 2.75) is 18.4 Å². The minimum Gasteiger partial charge on any atom is -0.492 e. The molecule has 1 saturated carbocycles. The number of hydrogen-bond donors (Lipinski definition) is 1. The fourth-order valence-electron chi connectivity index (χ4n) is 4.11. The van der Waals surface area contributed by atoms with Gasteiger partial charge in [0.1, 0.15) is 5.75 Å². The second-order valence-electron chi connectivity index (χ2n) is 7.22. The van der Waals surface area contributed by atoms with Crippen LogP contribution < -0.4 is 10.5 Å². The maximum Gasteiger partial charge on any atom is 0.262 e. The summed E-state index contributed by atoms with van der Waals surface area (Å²) < 4.78 is 6.00. The largest absolute Gasteiger partial charge is 0.492 e. The van der Waals surface area contributed by atoms with Gasteiger partial charge in [0, 0.05) is 36.0 Å². The lowest BCUT2D eigenvalue weighted by atomic mass is 9.73. The fraction of sp³-hybridized carbons (Fsp3) is 0.316. The third-order valence-electron chi connectivity index (χ3n) is 5.77. The summed E-state index contributed by atoms with van der Waals surface area (Å²) in [5.74, 6) is 0.851. The Labute approximate surface area is 155 Å². The van der Waals surface area contributed by atoms with Gasteiger partial charge in [-0.05, 0) is 36.6 Å². The molecule has 0 saturated heterocycles. The number of likely N-dealkylation sites (N-methyl/N-ethyl adjacent to an activating group) is 1. The average Bonchev–Trinajstić information content (AvgIpc) is 3.39. The molecule has 2 aromatic rings. The molecule has 1 aromatic heterocycles. The summed E-state index contributed by atoms with van der Waals surface area (Å²) in [5.41, 5.74) is 7.29. The number of guanidine groups is 1. The van der Waals surface area contributed by atoms with Gasteiger partial charge in [-0.15, -0.1) is 0 Å². The van der Waals surface area contributed by atoms with Crippen LogP contribution in [-0.4, -0.2) is 35.4 Å². The lowest BCUT2D eigenvalue weighted by molar-refractivity contribution is -0.134. The van der Waals surface area contributed by atoms with E-state index in [0.717, 1.165) is 29.5 Å². The monoisotopic (exact) mass is 368 g/mol. The second kappa shape index (κ2) is 4.98. The van der Waals surface area contributed by atoms with E-state index < -0.39 is 5.54 Å². The lowest BCUT2D eigenvalue weighted by Gasteiger charge is -2.39. The van der Waals surface area contributed by atoms with Crippen molar-refractivity contribution in [1.29, 1.82) is 0 Å². The molecule has 1 fully saturated rings. The molecular formula is C19H17ClN4O2. The summed E-state index contributed by atoms with van der Waals surface area (Å²) in [6.45, 7) is 0.481.